The molecule has 0 atom stereocenters. The fraction of sp³-hybridized carbons (Fsp3) is 0.133. The van der Waals surface area contributed by atoms with Gasteiger partial charge < -0.3 is 4.74 Å². The zero-order chi connectivity index (χ0) is 16.6. The number of fused-ring (bicyclic) bond motifs is 1. The van der Waals surface area contributed by atoms with Gasteiger partial charge in [0.2, 0.25) is 4.96 Å². The molecule has 7 nitrogen and oxygen atoms in total. The lowest BCUT2D eigenvalue weighted by molar-refractivity contribution is -0.131. The van der Waals surface area contributed by atoms with Crippen LogP contribution in [0, 0.1) is 6.92 Å². The summed E-state index contributed by atoms with van der Waals surface area (Å²) in [5, 5.41) is 3.95. The van der Waals surface area contributed by atoms with Crippen molar-refractivity contribution in [3.05, 3.63) is 60.8 Å². The minimum absolute atomic E-state index is 0.176. The number of benzene rings is 1. The van der Waals surface area contributed by atoms with E-state index in [1.807, 2.05) is 0 Å². The maximum Gasteiger partial charge on any atom is 0.308 e. The SMILES string of the molecule is CC(=O)Oc1ccc(/C=c2\sc3nc(=O)c(C)nn3c2=O)cc1. The summed E-state index contributed by atoms with van der Waals surface area (Å²) in [5.41, 5.74) is 0.159. The number of ether oxygens (including phenoxy) is 1. The second-order valence-corrected chi connectivity index (χ2v) is 5.78. The van der Waals surface area contributed by atoms with Gasteiger partial charge in [-0.15, -0.1) is 0 Å². The minimum Gasteiger partial charge on any atom is -0.427 e. The number of esters is 1. The van der Waals surface area contributed by atoms with Crippen molar-refractivity contribution >= 4 is 28.3 Å². The van der Waals surface area contributed by atoms with E-state index in [-0.39, 0.29) is 16.2 Å². The van der Waals surface area contributed by atoms with E-state index >= 15 is 0 Å². The lowest BCUT2D eigenvalue weighted by atomic mass is 10.2. The topological polar surface area (TPSA) is 90.6 Å². The Labute approximate surface area is 133 Å². The van der Waals surface area contributed by atoms with Crippen LogP contribution in [-0.4, -0.2) is 20.6 Å². The van der Waals surface area contributed by atoms with Crippen molar-refractivity contribution in [1.29, 1.82) is 0 Å². The van der Waals surface area contributed by atoms with Gasteiger partial charge in [0.1, 0.15) is 11.4 Å². The summed E-state index contributed by atoms with van der Waals surface area (Å²) in [6, 6.07) is 6.71. The quantitative estimate of drug-likeness (QED) is 0.496. The molecule has 23 heavy (non-hydrogen) atoms. The average Bonchev–Trinajstić information content (AvgIpc) is 2.78. The lowest BCUT2D eigenvalue weighted by Crippen LogP contribution is -2.27. The number of carbonyl (C=O) groups excluding carboxylic acids is 1. The molecule has 0 saturated heterocycles. The molecule has 0 N–H and O–H groups in total. The first-order chi connectivity index (χ1) is 10.9. The average molecular weight is 329 g/mol. The highest BCUT2D eigenvalue weighted by atomic mass is 32.1. The number of hydrogen-bond donors (Lipinski definition) is 0. The summed E-state index contributed by atoms with van der Waals surface area (Å²) in [7, 11) is 0. The molecule has 0 aliphatic carbocycles. The number of hydrogen-bond acceptors (Lipinski definition) is 7. The van der Waals surface area contributed by atoms with Gasteiger partial charge in [0.05, 0.1) is 4.53 Å². The molecule has 0 bridgehead atoms. The maximum atomic E-state index is 12.3. The van der Waals surface area contributed by atoms with Crippen molar-refractivity contribution in [3.8, 4) is 5.75 Å². The van der Waals surface area contributed by atoms with Gasteiger partial charge in [-0.3, -0.25) is 14.4 Å². The van der Waals surface area contributed by atoms with Crippen molar-refractivity contribution in [3.63, 3.8) is 0 Å². The van der Waals surface area contributed by atoms with E-state index < -0.39 is 11.5 Å². The first-order valence-electron chi connectivity index (χ1n) is 6.65. The van der Waals surface area contributed by atoms with Crippen LogP contribution in [0.4, 0.5) is 0 Å². The highest BCUT2D eigenvalue weighted by molar-refractivity contribution is 7.15. The highest BCUT2D eigenvalue weighted by Crippen LogP contribution is 2.12. The molecule has 0 aliphatic rings. The molecule has 8 heteroatoms. The molecule has 0 unspecified atom stereocenters. The van der Waals surface area contributed by atoms with Crippen molar-refractivity contribution in [2.24, 2.45) is 0 Å². The van der Waals surface area contributed by atoms with Crippen molar-refractivity contribution in [1.82, 2.24) is 14.6 Å². The number of aryl methyl sites for hydroxylation is 1. The van der Waals surface area contributed by atoms with Gasteiger partial charge in [-0.2, -0.15) is 14.6 Å². The van der Waals surface area contributed by atoms with Crippen LogP contribution in [0.3, 0.4) is 0 Å². The first-order valence-corrected chi connectivity index (χ1v) is 7.46. The van der Waals surface area contributed by atoms with E-state index in [0.29, 0.717) is 10.3 Å². The molecule has 0 fully saturated rings. The standard InChI is InChI=1S/C15H11N3O4S/c1-8-13(20)16-15-18(17-8)14(21)12(23-15)7-10-3-5-11(6-4-10)22-9(2)19/h3-7H,1-2H3/b12-7-. The number of carbonyl (C=O) groups is 1. The Kier molecular flexibility index (Phi) is 3.75. The van der Waals surface area contributed by atoms with Gasteiger partial charge in [-0.25, -0.2) is 0 Å². The summed E-state index contributed by atoms with van der Waals surface area (Å²) in [6.45, 7) is 2.83. The van der Waals surface area contributed by atoms with Crippen LogP contribution in [-0.2, 0) is 4.79 Å². The molecule has 0 radical (unpaired) electrons. The first kappa shape index (κ1) is 15.0. The van der Waals surface area contributed by atoms with Crippen LogP contribution in [0.5, 0.6) is 5.75 Å². The van der Waals surface area contributed by atoms with Gasteiger partial charge in [0.15, 0.2) is 0 Å². The summed E-state index contributed by atoms with van der Waals surface area (Å²) in [5.74, 6) is 0.0306. The van der Waals surface area contributed by atoms with E-state index in [4.69, 9.17) is 4.74 Å². The van der Waals surface area contributed by atoms with Crippen LogP contribution < -0.4 is 20.4 Å². The van der Waals surface area contributed by atoms with Gasteiger partial charge in [0, 0.05) is 6.92 Å². The van der Waals surface area contributed by atoms with Crippen LogP contribution in [0.1, 0.15) is 18.2 Å². The maximum absolute atomic E-state index is 12.3. The fourth-order valence-corrected chi connectivity index (χ4v) is 2.84. The second kappa shape index (κ2) is 5.73. The van der Waals surface area contributed by atoms with Gasteiger partial charge >= 0.3 is 5.97 Å². The normalized spacial score (nSPS) is 11.8. The van der Waals surface area contributed by atoms with E-state index in [1.165, 1.54) is 13.8 Å². The molecule has 0 aliphatic heterocycles. The van der Waals surface area contributed by atoms with Gasteiger partial charge in [0.25, 0.3) is 11.1 Å². The Morgan fingerprint density at radius 3 is 2.61 bits per heavy atom. The Hall–Kier alpha value is -2.87. The lowest BCUT2D eigenvalue weighted by Gasteiger charge is -2.00. The fourth-order valence-electron chi connectivity index (χ4n) is 1.94. The Bertz CT molecular complexity index is 1070. The molecule has 3 aromatic rings. The Morgan fingerprint density at radius 1 is 1.26 bits per heavy atom. The zero-order valence-electron chi connectivity index (χ0n) is 12.3. The van der Waals surface area contributed by atoms with Gasteiger partial charge in [-0.1, -0.05) is 23.5 Å². The van der Waals surface area contributed by atoms with Crippen LogP contribution in [0.2, 0.25) is 0 Å². The number of nitrogens with zero attached hydrogens (tertiary/aromatic N) is 3. The predicted molar refractivity (Wildman–Crippen MR) is 84.7 cm³/mol. The highest BCUT2D eigenvalue weighted by Gasteiger charge is 2.08. The number of rotatable bonds is 2. The largest absolute Gasteiger partial charge is 0.427 e. The molecule has 0 saturated carbocycles. The summed E-state index contributed by atoms with van der Waals surface area (Å²) < 4.78 is 6.48. The molecular formula is C15H11N3O4S. The summed E-state index contributed by atoms with van der Waals surface area (Å²) in [4.78, 5) is 38.7. The van der Waals surface area contributed by atoms with Crippen LogP contribution in [0.15, 0.2) is 33.9 Å². The Morgan fingerprint density at radius 2 is 1.96 bits per heavy atom. The van der Waals surface area contributed by atoms with E-state index in [2.05, 4.69) is 10.1 Å². The zero-order valence-corrected chi connectivity index (χ0v) is 13.1. The summed E-state index contributed by atoms with van der Waals surface area (Å²) in [6.07, 6.45) is 1.67. The second-order valence-electron chi connectivity index (χ2n) is 4.78. The molecule has 1 aromatic carbocycles. The molecule has 0 spiro atoms. The predicted octanol–water partition coefficient (Wildman–Crippen LogP) is 0.293. The third-order valence-corrected chi connectivity index (χ3v) is 3.94. The minimum atomic E-state index is -0.441. The van der Waals surface area contributed by atoms with Crippen molar-refractivity contribution in [2.75, 3.05) is 0 Å². The van der Waals surface area contributed by atoms with Crippen LogP contribution in [0.25, 0.3) is 11.0 Å². The van der Waals surface area contributed by atoms with E-state index in [0.717, 1.165) is 21.4 Å². The molecule has 0 amide bonds. The Balaban J connectivity index is 2.07. The van der Waals surface area contributed by atoms with Crippen molar-refractivity contribution < 1.29 is 9.53 Å². The van der Waals surface area contributed by atoms with Gasteiger partial charge in [-0.05, 0) is 30.7 Å². The molecule has 3 rings (SSSR count). The monoisotopic (exact) mass is 329 g/mol. The molecule has 2 heterocycles. The van der Waals surface area contributed by atoms with Crippen LogP contribution >= 0.6 is 11.3 Å². The molecule has 2 aromatic heterocycles. The van der Waals surface area contributed by atoms with E-state index in [1.54, 1.807) is 30.3 Å². The third-order valence-electron chi connectivity index (χ3n) is 2.98. The van der Waals surface area contributed by atoms with E-state index in [9.17, 15) is 14.4 Å². The number of thiazole rings is 1. The number of aromatic nitrogens is 3. The summed E-state index contributed by atoms with van der Waals surface area (Å²) >= 11 is 1.09. The van der Waals surface area contributed by atoms with Crippen molar-refractivity contribution in [2.45, 2.75) is 13.8 Å². The molecular weight excluding hydrogens is 318 g/mol. The third kappa shape index (κ3) is 3.02. The molecule has 116 valence electrons. The smallest absolute Gasteiger partial charge is 0.308 e.